The Morgan fingerprint density at radius 2 is 1.86 bits per heavy atom. The maximum atomic E-state index is 13.6. The lowest BCUT2D eigenvalue weighted by molar-refractivity contribution is 0.456. The molecule has 0 aromatic heterocycles. The van der Waals surface area contributed by atoms with Gasteiger partial charge in [-0.25, -0.2) is 12.8 Å². The predicted octanol–water partition coefficient (Wildman–Crippen LogP) is 3.39. The molecule has 0 amide bonds. The zero-order chi connectivity index (χ0) is 15.5. The van der Waals surface area contributed by atoms with Crippen LogP contribution in [0.25, 0.3) is 0 Å². The lowest BCUT2D eigenvalue weighted by Crippen LogP contribution is -2.27. The second-order valence-corrected chi connectivity index (χ2v) is 6.95. The van der Waals surface area contributed by atoms with Gasteiger partial charge >= 0.3 is 0 Å². The van der Waals surface area contributed by atoms with Crippen LogP contribution in [-0.4, -0.2) is 19.8 Å². The van der Waals surface area contributed by atoms with Crippen LogP contribution < -0.4 is 0 Å². The van der Waals surface area contributed by atoms with Crippen molar-refractivity contribution in [2.24, 2.45) is 0 Å². The molecule has 0 heterocycles. The van der Waals surface area contributed by atoms with Gasteiger partial charge in [0, 0.05) is 25.0 Å². The van der Waals surface area contributed by atoms with Crippen molar-refractivity contribution < 1.29 is 12.8 Å². The van der Waals surface area contributed by atoms with Gasteiger partial charge in [-0.3, -0.25) is 0 Å². The summed E-state index contributed by atoms with van der Waals surface area (Å²) in [6, 6.07) is 12.5. The molecule has 0 aliphatic rings. The maximum absolute atomic E-state index is 13.6. The first-order chi connectivity index (χ1) is 9.95. The van der Waals surface area contributed by atoms with E-state index >= 15 is 0 Å². The molecule has 0 atom stereocenters. The number of rotatable bonds is 5. The minimum atomic E-state index is -3.68. The minimum Gasteiger partial charge on any atom is -0.207 e. The zero-order valence-electron chi connectivity index (χ0n) is 11.5. The first kappa shape index (κ1) is 15.9. The van der Waals surface area contributed by atoms with Crippen LogP contribution in [0.15, 0.2) is 53.4 Å². The highest BCUT2D eigenvalue weighted by molar-refractivity contribution is 7.89. The SMILES string of the molecule is CN(Cc1ccccc1F)S(=O)(=O)c1cccc(CCl)c1. The van der Waals surface area contributed by atoms with Crippen LogP contribution >= 0.6 is 11.6 Å². The van der Waals surface area contributed by atoms with E-state index in [0.29, 0.717) is 5.56 Å². The number of alkyl halides is 1. The lowest BCUT2D eigenvalue weighted by atomic mass is 10.2. The van der Waals surface area contributed by atoms with Gasteiger partial charge in [0.25, 0.3) is 0 Å². The third-order valence-corrected chi connectivity index (χ3v) is 5.22. The summed E-state index contributed by atoms with van der Waals surface area (Å²) in [6.07, 6.45) is 0. The van der Waals surface area contributed by atoms with Crippen LogP contribution in [0.4, 0.5) is 4.39 Å². The van der Waals surface area contributed by atoms with Crippen LogP contribution in [0, 0.1) is 5.82 Å². The molecule has 21 heavy (non-hydrogen) atoms. The van der Waals surface area contributed by atoms with Crippen molar-refractivity contribution in [1.82, 2.24) is 4.31 Å². The molecule has 0 fully saturated rings. The molecule has 0 saturated heterocycles. The molecule has 0 spiro atoms. The van der Waals surface area contributed by atoms with Crippen LogP contribution in [0.3, 0.4) is 0 Å². The fourth-order valence-electron chi connectivity index (χ4n) is 1.92. The number of hydrogen-bond acceptors (Lipinski definition) is 2. The first-order valence-electron chi connectivity index (χ1n) is 6.30. The van der Waals surface area contributed by atoms with Crippen molar-refractivity contribution in [3.05, 3.63) is 65.5 Å². The van der Waals surface area contributed by atoms with E-state index in [1.54, 1.807) is 30.3 Å². The summed E-state index contributed by atoms with van der Waals surface area (Å²) in [5.74, 6) is -0.186. The van der Waals surface area contributed by atoms with Gasteiger partial charge in [-0.15, -0.1) is 11.6 Å². The third-order valence-electron chi connectivity index (χ3n) is 3.11. The van der Waals surface area contributed by atoms with Gasteiger partial charge in [0.2, 0.25) is 10.0 Å². The van der Waals surface area contributed by atoms with Gasteiger partial charge in [0.1, 0.15) is 5.82 Å². The zero-order valence-corrected chi connectivity index (χ0v) is 13.0. The molecule has 2 aromatic rings. The van der Waals surface area contributed by atoms with E-state index in [1.807, 2.05) is 0 Å². The van der Waals surface area contributed by atoms with Crippen molar-refractivity contribution in [2.75, 3.05) is 7.05 Å². The normalized spacial score (nSPS) is 11.8. The van der Waals surface area contributed by atoms with E-state index in [0.717, 1.165) is 9.87 Å². The molecule has 0 bridgehead atoms. The van der Waals surface area contributed by atoms with Gasteiger partial charge in [0.15, 0.2) is 0 Å². The smallest absolute Gasteiger partial charge is 0.207 e. The summed E-state index contributed by atoms with van der Waals surface area (Å²) in [5.41, 5.74) is 1.05. The molecule has 112 valence electrons. The fourth-order valence-corrected chi connectivity index (χ4v) is 3.31. The Hall–Kier alpha value is -1.43. The fraction of sp³-hybridized carbons (Fsp3) is 0.200. The summed E-state index contributed by atoms with van der Waals surface area (Å²) in [4.78, 5) is 0.152. The van der Waals surface area contributed by atoms with E-state index in [4.69, 9.17) is 11.6 Å². The van der Waals surface area contributed by atoms with E-state index in [-0.39, 0.29) is 17.3 Å². The molecule has 0 saturated carbocycles. The Labute approximate surface area is 129 Å². The third kappa shape index (κ3) is 3.61. The standard InChI is InChI=1S/C15H15ClFNO2S/c1-18(11-13-6-2-3-8-15(13)17)21(19,20)14-7-4-5-12(9-14)10-16/h2-9H,10-11H2,1H3. The number of hydrogen-bond donors (Lipinski definition) is 0. The molecule has 2 aromatic carbocycles. The monoisotopic (exact) mass is 327 g/mol. The second-order valence-electron chi connectivity index (χ2n) is 4.63. The van der Waals surface area contributed by atoms with E-state index in [9.17, 15) is 12.8 Å². The largest absolute Gasteiger partial charge is 0.243 e. The quantitative estimate of drug-likeness (QED) is 0.789. The Morgan fingerprint density at radius 1 is 1.14 bits per heavy atom. The molecule has 3 nitrogen and oxygen atoms in total. The average molecular weight is 328 g/mol. The lowest BCUT2D eigenvalue weighted by Gasteiger charge is -2.18. The van der Waals surface area contributed by atoms with Gasteiger partial charge in [-0.2, -0.15) is 4.31 Å². The second kappa shape index (κ2) is 6.56. The Balaban J connectivity index is 2.28. The number of nitrogens with zero attached hydrogens (tertiary/aromatic N) is 1. The molecular weight excluding hydrogens is 313 g/mol. The molecule has 0 radical (unpaired) electrons. The Bertz CT molecular complexity index is 734. The van der Waals surface area contributed by atoms with Crippen LogP contribution in [0.1, 0.15) is 11.1 Å². The molecule has 6 heteroatoms. The molecule has 0 aliphatic carbocycles. The topological polar surface area (TPSA) is 37.4 Å². The number of sulfonamides is 1. The first-order valence-corrected chi connectivity index (χ1v) is 8.27. The maximum Gasteiger partial charge on any atom is 0.243 e. The molecule has 2 rings (SSSR count). The highest BCUT2D eigenvalue weighted by Gasteiger charge is 2.22. The van der Waals surface area contributed by atoms with Crippen molar-refractivity contribution in [3.63, 3.8) is 0 Å². The molecular formula is C15H15ClFNO2S. The summed E-state index contributed by atoms with van der Waals surface area (Å²) >= 11 is 5.72. The van der Waals surface area contributed by atoms with E-state index in [2.05, 4.69) is 0 Å². The van der Waals surface area contributed by atoms with E-state index < -0.39 is 15.8 Å². The van der Waals surface area contributed by atoms with Gasteiger partial charge < -0.3 is 0 Å². The molecule has 0 N–H and O–H groups in total. The number of benzene rings is 2. The Morgan fingerprint density at radius 3 is 2.52 bits per heavy atom. The highest BCUT2D eigenvalue weighted by atomic mass is 35.5. The van der Waals surface area contributed by atoms with Gasteiger partial charge in [0.05, 0.1) is 4.90 Å². The summed E-state index contributed by atoms with van der Waals surface area (Å²) < 4.78 is 39.7. The van der Waals surface area contributed by atoms with Crippen LogP contribution in [-0.2, 0) is 22.4 Å². The van der Waals surface area contributed by atoms with Crippen molar-refractivity contribution in [3.8, 4) is 0 Å². The molecule has 0 unspecified atom stereocenters. The van der Waals surface area contributed by atoms with Crippen molar-refractivity contribution >= 4 is 21.6 Å². The average Bonchev–Trinajstić information content (AvgIpc) is 2.49. The number of halogens is 2. The van der Waals surface area contributed by atoms with Crippen LogP contribution in [0.5, 0.6) is 0 Å². The van der Waals surface area contributed by atoms with Crippen molar-refractivity contribution in [1.29, 1.82) is 0 Å². The highest BCUT2D eigenvalue weighted by Crippen LogP contribution is 2.19. The minimum absolute atomic E-state index is 0.0277. The van der Waals surface area contributed by atoms with Crippen molar-refractivity contribution in [2.45, 2.75) is 17.3 Å². The summed E-state index contributed by atoms with van der Waals surface area (Å²) in [6.45, 7) is -0.0277. The Kier molecular flexibility index (Phi) is 4.98. The summed E-state index contributed by atoms with van der Waals surface area (Å²) in [5, 5.41) is 0. The van der Waals surface area contributed by atoms with Gasteiger partial charge in [-0.05, 0) is 23.8 Å². The van der Waals surface area contributed by atoms with E-state index in [1.165, 1.54) is 25.2 Å². The molecule has 0 aliphatic heterocycles. The predicted molar refractivity (Wildman–Crippen MR) is 81.1 cm³/mol. The van der Waals surface area contributed by atoms with Crippen LogP contribution in [0.2, 0.25) is 0 Å². The summed E-state index contributed by atoms with van der Waals surface area (Å²) in [7, 11) is -2.25. The van der Waals surface area contributed by atoms with Gasteiger partial charge in [-0.1, -0.05) is 30.3 Å².